The number of sulfonamides is 1. The molecular weight excluding hydrogens is 426 g/mol. The first-order valence-corrected chi connectivity index (χ1v) is 11.7. The third-order valence-corrected chi connectivity index (χ3v) is 6.03. The Kier molecular flexibility index (Phi) is 7.27. The number of benzene rings is 3. The molecule has 3 rings (SSSR count). The lowest BCUT2D eigenvalue weighted by Crippen LogP contribution is -2.23. The van der Waals surface area contributed by atoms with E-state index in [0.717, 1.165) is 12.0 Å². The van der Waals surface area contributed by atoms with Crippen LogP contribution in [0.25, 0.3) is 0 Å². The lowest BCUT2D eigenvalue weighted by Gasteiger charge is -2.10. The molecule has 8 heteroatoms. The van der Waals surface area contributed by atoms with Gasteiger partial charge in [-0.2, -0.15) is 0 Å². The summed E-state index contributed by atoms with van der Waals surface area (Å²) in [5.74, 6) is -0.635. The number of nitrogens with one attached hydrogen (secondary N) is 3. The van der Waals surface area contributed by atoms with Gasteiger partial charge >= 0.3 is 0 Å². The molecule has 2 amide bonds. The molecule has 0 aliphatic heterocycles. The summed E-state index contributed by atoms with van der Waals surface area (Å²) in [7, 11) is -3.85. The predicted octanol–water partition coefficient (Wildman–Crippen LogP) is 4.19. The number of hydrogen-bond donors (Lipinski definition) is 3. The van der Waals surface area contributed by atoms with Crippen LogP contribution in [-0.4, -0.2) is 26.8 Å². The van der Waals surface area contributed by atoms with Crippen molar-refractivity contribution >= 4 is 33.2 Å². The van der Waals surface area contributed by atoms with Crippen molar-refractivity contribution in [1.82, 2.24) is 5.32 Å². The molecule has 0 aliphatic carbocycles. The summed E-state index contributed by atoms with van der Waals surface area (Å²) in [6.07, 6.45) is 0.842. The van der Waals surface area contributed by atoms with Gasteiger partial charge in [0.25, 0.3) is 21.8 Å². The second-order valence-electron chi connectivity index (χ2n) is 7.29. The molecule has 3 N–H and O–H groups in total. The van der Waals surface area contributed by atoms with Gasteiger partial charge in [0.05, 0.1) is 4.90 Å². The Hall–Kier alpha value is -3.65. The fourth-order valence-electron chi connectivity index (χ4n) is 2.89. The van der Waals surface area contributed by atoms with E-state index in [4.69, 9.17) is 0 Å². The van der Waals surface area contributed by atoms with Gasteiger partial charge in [0.15, 0.2) is 0 Å². The van der Waals surface area contributed by atoms with E-state index in [9.17, 15) is 18.0 Å². The van der Waals surface area contributed by atoms with E-state index in [0.29, 0.717) is 23.5 Å². The zero-order chi connectivity index (χ0) is 23.1. The summed E-state index contributed by atoms with van der Waals surface area (Å²) in [5, 5.41) is 5.50. The number of aryl methyl sites for hydroxylation is 1. The molecule has 0 aromatic heterocycles. The molecule has 0 saturated carbocycles. The number of carbonyl (C=O) groups excluding carboxylic acids is 2. The van der Waals surface area contributed by atoms with Crippen LogP contribution in [0, 0.1) is 6.92 Å². The van der Waals surface area contributed by atoms with Crippen molar-refractivity contribution in [2.45, 2.75) is 25.2 Å². The van der Waals surface area contributed by atoms with Crippen molar-refractivity contribution in [3.05, 3.63) is 89.5 Å². The normalized spacial score (nSPS) is 10.9. The van der Waals surface area contributed by atoms with Crippen molar-refractivity contribution in [3.8, 4) is 0 Å². The first-order valence-electron chi connectivity index (χ1n) is 10.2. The van der Waals surface area contributed by atoms with Crippen LogP contribution >= 0.6 is 0 Å². The van der Waals surface area contributed by atoms with Crippen molar-refractivity contribution in [3.63, 3.8) is 0 Å². The third kappa shape index (κ3) is 5.95. The third-order valence-electron chi connectivity index (χ3n) is 4.65. The van der Waals surface area contributed by atoms with E-state index in [-0.39, 0.29) is 16.4 Å². The van der Waals surface area contributed by atoms with E-state index in [1.54, 1.807) is 48.5 Å². The van der Waals surface area contributed by atoms with Crippen molar-refractivity contribution < 1.29 is 18.0 Å². The van der Waals surface area contributed by atoms with Crippen molar-refractivity contribution in [2.75, 3.05) is 16.6 Å². The smallest absolute Gasteiger partial charge is 0.261 e. The van der Waals surface area contributed by atoms with Crippen LogP contribution in [0.3, 0.4) is 0 Å². The first kappa shape index (κ1) is 23.0. The zero-order valence-corrected chi connectivity index (χ0v) is 18.7. The van der Waals surface area contributed by atoms with Crippen molar-refractivity contribution in [1.29, 1.82) is 0 Å². The molecule has 166 valence electrons. The zero-order valence-electron chi connectivity index (χ0n) is 17.9. The first-order chi connectivity index (χ1) is 15.3. The molecule has 0 bridgehead atoms. The Labute approximate surface area is 187 Å². The highest BCUT2D eigenvalue weighted by atomic mass is 32.2. The van der Waals surface area contributed by atoms with E-state index in [1.165, 1.54) is 24.3 Å². The molecule has 0 fully saturated rings. The van der Waals surface area contributed by atoms with E-state index < -0.39 is 15.9 Å². The van der Waals surface area contributed by atoms with Gasteiger partial charge in [0.1, 0.15) is 0 Å². The molecule has 3 aromatic carbocycles. The SMILES string of the molecule is CCCNC(=O)c1ccc(NC(=O)c2cccc(S(=O)(=O)Nc3ccc(C)cc3)c2)cc1. The predicted molar refractivity (Wildman–Crippen MR) is 125 cm³/mol. The van der Waals surface area contributed by atoms with Gasteiger partial charge in [0.2, 0.25) is 0 Å². The van der Waals surface area contributed by atoms with Crippen LogP contribution in [0.4, 0.5) is 11.4 Å². The summed E-state index contributed by atoms with van der Waals surface area (Å²) in [4.78, 5) is 24.6. The summed E-state index contributed by atoms with van der Waals surface area (Å²) in [5.41, 5.74) is 2.64. The minimum Gasteiger partial charge on any atom is -0.352 e. The molecule has 0 aliphatic rings. The number of carbonyl (C=O) groups is 2. The van der Waals surface area contributed by atoms with Crippen LogP contribution in [-0.2, 0) is 10.0 Å². The molecule has 0 atom stereocenters. The second-order valence-corrected chi connectivity index (χ2v) is 8.97. The molecule has 0 saturated heterocycles. The quantitative estimate of drug-likeness (QED) is 0.478. The highest BCUT2D eigenvalue weighted by molar-refractivity contribution is 7.92. The van der Waals surface area contributed by atoms with E-state index in [2.05, 4.69) is 15.4 Å². The number of hydrogen-bond acceptors (Lipinski definition) is 4. The Morgan fingerprint density at radius 1 is 0.812 bits per heavy atom. The van der Waals surface area contributed by atoms with Crippen LogP contribution in [0.2, 0.25) is 0 Å². The molecule has 0 radical (unpaired) electrons. The van der Waals surface area contributed by atoms with E-state index in [1.807, 2.05) is 13.8 Å². The Morgan fingerprint density at radius 2 is 1.47 bits per heavy atom. The minimum atomic E-state index is -3.85. The average Bonchev–Trinajstić information content (AvgIpc) is 2.79. The Morgan fingerprint density at radius 3 is 2.12 bits per heavy atom. The largest absolute Gasteiger partial charge is 0.352 e. The van der Waals surface area contributed by atoms with Crippen LogP contribution < -0.4 is 15.4 Å². The van der Waals surface area contributed by atoms with Gasteiger partial charge < -0.3 is 10.6 Å². The maximum absolute atomic E-state index is 12.7. The molecular formula is C24H25N3O4S. The minimum absolute atomic E-state index is 0.0198. The fraction of sp³-hybridized carbons (Fsp3) is 0.167. The number of anilines is 2. The molecule has 0 spiro atoms. The summed E-state index contributed by atoms with van der Waals surface area (Å²) < 4.78 is 27.9. The monoisotopic (exact) mass is 451 g/mol. The second kappa shape index (κ2) is 10.1. The lowest BCUT2D eigenvalue weighted by molar-refractivity contribution is 0.0953. The highest BCUT2D eigenvalue weighted by Crippen LogP contribution is 2.19. The van der Waals surface area contributed by atoms with Gasteiger partial charge in [-0.05, 0) is 67.9 Å². The topological polar surface area (TPSA) is 104 Å². The molecule has 0 heterocycles. The van der Waals surface area contributed by atoms with Crippen LogP contribution in [0.1, 0.15) is 39.6 Å². The Balaban J connectivity index is 1.71. The molecule has 0 unspecified atom stereocenters. The Bertz CT molecular complexity index is 1200. The van der Waals surface area contributed by atoms with Gasteiger partial charge in [-0.1, -0.05) is 30.7 Å². The standard InChI is InChI=1S/C24H25N3O4S/c1-3-15-25-23(28)18-9-13-20(14-10-18)26-24(29)19-5-4-6-22(16-19)32(30,31)27-21-11-7-17(2)8-12-21/h4-14,16,27H,3,15H2,1-2H3,(H,25,28)(H,26,29). The van der Waals surface area contributed by atoms with E-state index >= 15 is 0 Å². The fourth-order valence-corrected chi connectivity index (χ4v) is 3.99. The summed E-state index contributed by atoms with van der Waals surface area (Å²) in [6.45, 7) is 4.47. The molecule has 32 heavy (non-hydrogen) atoms. The molecule has 3 aromatic rings. The van der Waals surface area contributed by atoms with Crippen LogP contribution in [0.15, 0.2) is 77.7 Å². The summed E-state index contributed by atoms with van der Waals surface area (Å²) >= 11 is 0. The molecule has 7 nitrogen and oxygen atoms in total. The number of rotatable bonds is 8. The van der Waals surface area contributed by atoms with Crippen LogP contribution in [0.5, 0.6) is 0 Å². The van der Waals surface area contributed by atoms with Gasteiger partial charge in [-0.15, -0.1) is 0 Å². The summed E-state index contributed by atoms with van der Waals surface area (Å²) in [6, 6.07) is 19.2. The average molecular weight is 452 g/mol. The maximum Gasteiger partial charge on any atom is 0.261 e. The highest BCUT2D eigenvalue weighted by Gasteiger charge is 2.17. The maximum atomic E-state index is 12.7. The van der Waals surface area contributed by atoms with Gasteiger partial charge in [0, 0.05) is 29.0 Å². The van der Waals surface area contributed by atoms with Gasteiger partial charge in [-0.25, -0.2) is 8.42 Å². The lowest BCUT2D eigenvalue weighted by atomic mass is 10.1. The van der Waals surface area contributed by atoms with Gasteiger partial charge in [-0.3, -0.25) is 14.3 Å². The number of amides is 2. The van der Waals surface area contributed by atoms with Crippen molar-refractivity contribution in [2.24, 2.45) is 0 Å².